The quantitative estimate of drug-likeness (QED) is 0.749. The first kappa shape index (κ1) is 11.2. The Morgan fingerprint density at radius 3 is 2.65 bits per heavy atom. The third kappa shape index (κ3) is 2.61. The van der Waals surface area contributed by atoms with Gasteiger partial charge >= 0.3 is 0 Å². The van der Waals surface area contributed by atoms with E-state index < -0.39 is 0 Å². The van der Waals surface area contributed by atoms with Gasteiger partial charge in [0.2, 0.25) is 0 Å². The van der Waals surface area contributed by atoms with Crippen LogP contribution in [0.25, 0.3) is 0 Å². The molecular weight excluding hydrogens is 212 g/mol. The molecule has 0 aliphatic heterocycles. The van der Waals surface area contributed by atoms with E-state index in [1.54, 1.807) is 10.6 Å². The fraction of sp³-hybridized carbons (Fsp3) is 0.143. The summed E-state index contributed by atoms with van der Waals surface area (Å²) >= 11 is 0. The highest BCUT2D eigenvalue weighted by Crippen LogP contribution is 2.06. The Bertz CT molecular complexity index is 549. The SMILES string of the molecule is N#Cc1cccn1CCC(=O)c1ccccc1. The topological polar surface area (TPSA) is 45.8 Å². The molecule has 0 N–H and O–H groups in total. The molecule has 1 heterocycles. The van der Waals surface area contributed by atoms with Crippen molar-refractivity contribution >= 4 is 5.78 Å². The van der Waals surface area contributed by atoms with E-state index in [0.29, 0.717) is 18.7 Å². The van der Waals surface area contributed by atoms with Crippen LogP contribution in [-0.2, 0) is 6.54 Å². The van der Waals surface area contributed by atoms with Crippen LogP contribution >= 0.6 is 0 Å². The molecule has 0 amide bonds. The van der Waals surface area contributed by atoms with E-state index >= 15 is 0 Å². The van der Waals surface area contributed by atoms with Gasteiger partial charge in [0.05, 0.1) is 0 Å². The van der Waals surface area contributed by atoms with Gasteiger partial charge in [-0.25, -0.2) is 0 Å². The van der Waals surface area contributed by atoms with Crippen molar-refractivity contribution in [3.63, 3.8) is 0 Å². The molecule has 2 aromatic rings. The molecule has 3 heteroatoms. The van der Waals surface area contributed by atoms with Crippen molar-refractivity contribution in [1.82, 2.24) is 4.57 Å². The number of nitrogens with zero attached hydrogens (tertiary/aromatic N) is 2. The van der Waals surface area contributed by atoms with Gasteiger partial charge in [0.25, 0.3) is 0 Å². The number of hydrogen-bond acceptors (Lipinski definition) is 2. The molecule has 0 spiro atoms. The summed E-state index contributed by atoms with van der Waals surface area (Å²) in [6.45, 7) is 0.545. The zero-order valence-electron chi connectivity index (χ0n) is 9.34. The molecule has 2 rings (SSSR count). The lowest BCUT2D eigenvalue weighted by molar-refractivity contribution is 0.0977. The summed E-state index contributed by atoms with van der Waals surface area (Å²) < 4.78 is 1.79. The molecule has 0 unspecified atom stereocenters. The van der Waals surface area contributed by atoms with E-state index in [1.165, 1.54) is 0 Å². The van der Waals surface area contributed by atoms with Crippen molar-refractivity contribution in [2.45, 2.75) is 13.0 Å². The van der Waals surface area contributed by atoms with E-state index in [9.17, 15) is 4.79 Å². The zero-order chi connectivity index (χ0) is 12.1. The molecule has 0 saturated carbocycles. The molecule has 17 heavy (non-hydrogen) atoms. The number of hydrogen-bond donors (Lipinski definition) is 0. The maximum atomic E-state index is 11.8. The number of nitriles is 1. The average Bonchev–Trinajstić information content (AvgIpc) is 2.84. The van der Waals surface area contributed by atoms with E-state index in [1.807, 2.05) is 42.6 Å². The van der Waals surface area contributed by atoms with E-state index in [2.05, 4.69) is 6.07 Å². The van der Waals surface area contributed by atoms with Crippen molar-refractivity contribution in [2.24, 2.45) is 0 Å². The molecule has 1 aromatic carbocycles. The van der Waals surface area contributed by atoms with Crippen molar-refractivity contribution < 1.29 is 4.79 Å². The first-order valence-electron chi connectivity index (χ1n) is 5.45. The molecular formula is C14H12N2O. The number of ketones is 1. The second-order valence-corrected chi connectivity index (χ2v) is 3.74. The first-order chi connectivity index (χ1) is 8.31. The lowest BCUT2D eigenvalue weighted by Gasteiger charge is -2.04. The van der Waals surface area contributed by atoms with Crippen LogP contribution in [0.1, 0.15) is 22.5 Å². The van der Waals surface area contributed by atoms with Crippen LogP contribution in [0.5, 0.6) is 0 Å². The Labute approximate surface area is 99.9 Å². The van der Waals surface area contributed by atoms with Gasteiger partial charge in [-0.05, 0) is 12.1 Å². The van der Waals surface area contributed by atoms with Crippen LogP contribution in [-0.4, -0.2) is 10.4 Å². The average molecular weight is 224 g/mol. The number of rotatable bonds is 4. The zero-order valence-corrected chi connectivity index (χ0v) is 9.34. The maximum Gasteiger partial charge on any atom is 0.164 e. The van der Waals surface area contributed by atoms with Gasteiger partial charge < -0.3 is 4.57 Å². The second kappa shape index (κ2) is 5.13. The van der Waals surface area contributed by atoms with Gasteiger partial charge in [0.15, 0.2) is 5.78 Å². The molecule has 0 radical (unpaired) electrons. The number of carbonyl (C=O) groups excluding carboxylic acids is 1. The van der Waals surface area contributed by atoms with Gasteiger partial charge in [0.1, 0.15) is 11.8 Å². The Kier molecular flexibility index (Phi) is 3.37. The van der Waals surface area contributed by atoms with E-state index in [-0.39, 0.29) is 5.78 Å². The molecule has 0 saturated heterocycles. The molecule has 3 nitrogen and oxygen atoms in total. The predicted molar refractivity (Wildman–Crippen MR) is 64.5 cm³/mol. The lowest BCUT2D eigenvalue weighted by Crippen LogP contribution is -2.06. The normalized spacial score (nSPS) is 9.82. The largest absolute Gasteiger partial charge is 0.339 e. The number of aromatic nitrogens is 1. The van der Waals surface area contributed by atoms with Gasteiger partial charge in [-0.1, -0.05) is 30.3 Å². The minimum atomic E-state index is 0.100. The minimum absolute atomic E-state index is 0.100. The Hall–Kier alpha value is -2.34. The predicted octanol–water partition coefficient (Wildman–Crippen LogP) is 2.63. The summed E-state index contributed by atoms with van der Waals surface area (Å²) in [6, 6.07) is 14.8. The van der Waals surface area contributed by atoms with E-state index in [0.717, 1.165) is 5.56 Å². The molecule has 84 valence electrons. The third-order valence-corrected chi connectivity index (χ3v) is 2.62. The summed E-state index contributed by atoms with van der Waals surface area (Å²) in [5.74, 6) is 0.100. The number of carbonyl (C=O) groups is 1. The van der Waals surface area contributed by atoms with Crippen molar-refractivity contribution in [3.05, 3.63) is 59.9 Å². The van der Waals surface area contributed by atoms with E-state index in [4.69, 9.17) is 5.26 Å². The standard InChI is InChI=1S/C14H12N2O/c15-11-13-7-4-9-16(13)10-8-14(17)12-5-2-1-3-6-12/h1-7,9H,8,10H2. The second-order valence-electron chi connectivity index (χ2n) is 3.74. The van der Waals surface area contributed by atoms with Crippen molar-refractivity contribution in [3.8, 4) is 6.07 Å². The molecule has 0 bridgehead atoms. The summed E-state index contributed by atoms with van der Waals surface area (Å²) in [7, 11) is 0. The molecule has 0 atom stereocenters. The van der Waals surface area contributed by atoms with Crippen molar-refractivity contribution in [2.75, 3.05) is 0 Å². The summed E-state index contributed by atoms with van der Waals surface area (Å²) in [5, 5.41) is 8.83. The number of aryl methyl sites for hydroxylation is 1. The fourth-order valence-corrected chi connectivity index (χ4v) is 1.70. The van der Waals surface area contributed by atoms with Gasteiger partial charge in [-0.2, -0.15) is 5.26 Å². The van der Waals surface area contributed by atoms with Crippen LogP contribution in [0.4, 0.5) is 0 Å². The summed E-state index contributed by atoms with van der Waals surface area (Å²) in [6.07, 6.45) is 2.23. The summed E-state index contributed by atoms with van der Waals surface area (Å²) in [5.41, 5.74) is 1.31. The summed E-state index contributed by atoms with van der Waals surface area (Å²) in [4.78, 5) is 11.8. The molecule has 0 aliphatic carbocycles. The van der Waals surface area contributed by atoms with Crippen LogP contribution in [0.2, 0.25) is 0 Å². The molecule has 0 fully saturated rings. The Morgan fingerprint density at radius 2 is 1.94 bits per heavy atom. The van der Waals surface area contributed by atoms with Gasteiger partial charge in [-0.3, -0.25) is 4.79 Å². The van der Waals surface area contributed by atoms with Crippen LogP contribution in [0.15, 0.2) is 48.7 Å². The number of benzene rings is 1. The fourth-order valence-electron chi connectivity index (χ4n) is 1.70. The highest BCUT2D eigenvalue weighted by Gasteiger charge is 2.06. The highest BCUT2D eigenvalue weighted by atomic mass is 16.1. The minimum Gasteiger partial charge on any atom is -0.339 e. The van der Waals surface area contributed by atoms with Crippen LogP contribution < -0.4 is 0 Å². The first-order valence-corrected chi connectivity index (χ1v) is 5.45. The molecule has 1 aromatic heterocycles. The molecule has 0 aliphatic rings. The third-order valence-electron chi connectivity index (χ3n) is 2.62. The maximum absolute atomic E-state index is 11.8. The van der Waals surface area contributed by atoms with Gasteiger partial charge in [0, 0.05) is 24.7 Å². The van der Waals surface area contributed by atoms with Crippen LogP contribution in [0.3, 0.4) is 0 Å². The number of Topliss-reactive ketones (excluding diaryl/α,β-unsaturated/α-hetero) is 1. The monoisotopic (exact) mass is 224 g/mol. The highest BCUT2D eigenvalue weighted by molar-refractivity contribution is 5.95. The smallest absolute Gasteiger partial charge is 0.164 e. The Balaban J connectivity index is 2.00. The van der Waals surface area contributed by atoms with Gasteiger partial charge in [-0.15, -0.1) is 0 Å². The lowest BCUT2D eigenvalue weighted by atomic mass is 10.1. The van der Waals surface area contributed by atoms with Crippen LogP contribution in [0, 0.1) is 11.3 Å². The van der Waals surface area contributed by atoms with Crippen molar-refractivity contribution in [1.29, 1.82) is 5.26 Å². The Morgan fingerprint density at radius 1 is 1.18 bits per heavy atom.